The predicted octanol–water partition coefficient (Wildman–Crippen LogP) is 2.92. The van der Waals surface area contributed by atoms with Crippen molar-refractivity contribution in [3.8, 4) is 0 Å². The first-order chi connectivity index (χ1) is 12.4. The number of rotatable bonds is 4. The standard InChI is InChI=1S/C16H18ClN3O4S2/c17-13-4-5-14(25-13)26(22,23)20-8-6-10(7-9-20)15(21)18-16-11-2-1-3-12(11)19-24-16/h4-5,10H,1-3,6-9H2,(H,18,21). The zero-order chi connectivity index (χ0) is 18.3. The molecule has 0 radical (unpaired) electrons. The van der Waals surface area contributed by atoms with Gasteiger partial charge in [-0.25, -0.2) is 8.42 Å². The quantitative estimate of drug-likeness (QED) is 0.828. The molecule has 3 heterocycles. The number of thiophene rings is 1. The number of amides is 1. The Hall–Kier alpha value is -1.42. The van der Waals surface area contributed by atoms with Crippen LogP contribution in [0.25, 0.3) is 0 Å². The Morgan fingerprint density at radius 3 is 2.77 bits per heavy atom. The molecule has 4 rings (SSSR count). The van der Waals surface area contributed by atoms with Crippen molar-refractivity contribution in [3.63, 3.8) is 0 Å². The lowest BCUT2D eigenvalue weighted by molar-refractivity contribution is -0.121. The molecule has 1 saturated heterocycles. The highest BCUT2D eigenvalue weighted by molar-refractivity contribution is 7.91. The molecule has 0 saturated carbocycles. The van der Waals surface area contributed by atoms with Crippen molar-refractivity contribution in [1.82, 2.24) is 9.46 Å². The van der Waals surface area contributed by atoms with Crippen LogP contribution < -0.4 is 5.32 Å². The number of aryl methyl sites for hydroxylation is 1. The van der Waals surface area contributed by atoms with Crippen molar-refractivity contribution >= 4 is 44.8 Å². The number of anilines is 1. The van der Waals surface area contributed by atoms with Crippen molar-refractivity contribution < 1.29 is 17.7 Å². The van der Waals surface area contributed by atoms with Crippen molar-refractivity contribution in [3.05, 3.63) is 27.7 Å². The molecule has 0 atom stereocenters. The van der Waals surface area contributed by atoms with E-state index in [0.29, 0.717) is 36.2 Å². The lowest BCUT2D eigenvalue weighted by Gasteiger charge is -2.29. The van der Waals surface area contributed by atoms with E-state index < -0.39 is 10.0 Å². The van der Waals surface area contributed by atoms with Crippen LogP contribution in [0.1, 0.15) is 30.5 Å². The van der Waals surface area contributed by atoms with Crippen molar-refractivity contribution in [2.75, 3.05) is 18.4 Å². The predicted molar refractivity (Wildman–Crippen MR) is 98.0 cm³/mol. The van der Waals surface area contributed by atoms with Crippen LogP contribution in [0.2, 0.25) is 4.34 Å². The average molecular weight is 416 g/mol. The molecule has 2 aromatic heterocycles. The molecular weight excluding hydrogens is 398 g/mol. The normalized spacial score (nSPS) is 18.8. The van der Waals surface area contributed by atoms with Crippen LogP contribution in [0.15, 0.2) is 20.9 Å². The number of sulfonamides is 1. The second kappa shape index (κ2) is 6.95. The number of hydrogen-bond donors (Lipinski definition) is 1. The average Bonchev–Trinajstić information content (AvgIpc) is 3.34. The van der Waals surface area contributed by atoms with E-state index >= 15 is 0 Å². The summed E-state index contributed by atoms with van der Waals surface area (Å²) in [7, 11) is -3.54. The monoisotopic (exact) mass is 415 g/mol. The molecule has 140 valence electrons. The summed E-state index contributed by atoms with van der Waals surface area (Å²) in [6, 6.07) is 3.10. The van der Waals surface area contributed by atoms with Gasteiger partial charge in [-0.1, -0.05) is 16.8 Å². The number of nitrogens with zero attached hydrogens (tertiary/aromatic N) is 2. The molecule has 7 nitrogen and oxygen atoms in total. The molecule has 10 heteroatoms. The van der Waals surface area contributed by atoms with Crippen LogP contribution in [0.3, 0.4) is 0 Å². The Kier molecular flexibility index (Phi) is 4.81. The summed E-state index contributed by atoms with van der Waals surface area (Å²) >= 11 is 6.89. The van der Waals surface area contributed by atoms with Gasteiger partial charge in [-0.3, -0.25) is 10.1 Å². The van der Waals surface area contributed by atoms with E-state index in [4.69, 9.17) is 16.1 Å². The van der Waals surface area contributed by atoms with E-state index in [1.165, 1.54) is 10.4 Å². The van der Waals surface area contributed by atoms with Crippen molar-refractivity contribution in [1.29, 1.82) is 0 Å². The molecule has 0 spiro atoms. The largest absolute Gasteiger partial charge is 0.338 e. The van der Waals surface area contributed by atoms with Crippen LogP contribution >= 0.6 is 22.9 Å². The summed E-state index contributed by atoms with van der Waals surface area (Å²) in [6.07, 6.45) is 3.73. The highest BCUT2D eigenvalue weighted by atomic mass is 35.5. The number of halogens is 1. The summed E-state index contributed by atoms with van der Waals surface area (Å²) in [4.78, 5) is 12.5. The number of aromatic nitrogens is 1. The zero-order valence-electron chi connectivity index (χ0n) is 13.9. The SMILES string of the molecule is O=C(Nc1onc2c1CCC2)C1CCN(S(=O)(=O)c2ccc(Cl)s2)CC1. The molecule has 1 aliphatic heterocycles. The number of carbonyl (C=O) groups excluding carboxylic acids is 1. The van der Waals surface area contributed by atoms with Crippen LogP contribution in [0, 0.1) is 5.92 Å². The smallest absolute Gasteiger partial charge is 0.252 e. The van der Waals surface area contributed by atoms with E-state index in [0.717, 1.165) is 41.9 Å². The Balaban J connectivity index is 1.38. The maximum absolute atomic E-state index is 12.6. The lowest BCUT2D eigenvalue weighted by atomic mass is 9.97. The van der Waals surface area contributed by atoms with Gasteiger partial charge in [-0.15, -0.1) is 11.3 Å². The van der Waals surface area contributed by atoms with Gasteiger partial charge >= 0.3 is 0 Å². The molecule has 0 unspecified atom stereocenters. The summed E-state index contributed by atoms with van der Waals surface area (Å²) in [5.74, 6) is 0.0772. The number of fused-ring (bicyclic) bond motifs is 1. The molecule has 2 aromatic rings. The second-order valence-corrected chi connectivity index (χ2v) is 10.4. The van der Waals surface area contributed by atoms with Crippen LogP contribution in [0.4, 0.5) is 5.88 Å². The van der Waals surface area contributed by atoms with Crippen LogP contribution in [0.5, 0.6) is 0 Å². The van der Waals surface area contributed by atoms with E-state index in [1.54, 1.807) is 6.07 Å². The molecule has 1 N–H and O–H groups in total. The Bertz CT molecular complexity index is 929. The van der Waals surface area contributed by atoms with Crippen LogP contribution in [-0.4, -0.2) is 36.9 Å². The van der Waals surface area contributed by atoms with Gasteiger partial charge < -0.3 is 4.52 Å². The lowest BCUT2D eigenvalue weighted by Crippen LogP contribution is -2.41. The van der Waals surface area contributed by atoms with Gasteiger partial charge in [0.2, 0.25) is 11.8 Å². The maximum Gasteiger partial charge on any atom is 0.252 e. The van der Waals surface area contributed by atoms with Gasteiger partial charge in [0.15, 0.2) is 0 Å². The summed E-state index contributed by atoms with van der Waals surface area (Å²) in [5, 5.41) is 6.82. The minimum atomic E-state index is -3.54. The Labute approximate surface area is 160 Å². The molecule has 1 fully saturated rings. The van der Waals surface area contributed by atoms with Gasteiger partial charge in [-0.05, 0) is 44.2 Å². The number of nitrogens with one attached hydrogen (secondary N) is 1. The van der Waals surface area contributed by atoms with E-state index in [2.05, 4.69) is 10.5 Å². The Morgan fingerprint density at radius 2 is 2.08 bits per heavy atom. The number of hydrogen-bond acceptors (Lipinski definition) is 6. The highest BCUT2D eigenvalue weighted by Gasteiger charge is 2.33. The van der Waals surface area contributed by atoms with Crippen molar-refractivity contribution in [2.24, 2.45) is 5.92 Å². The van der Waals surface area contributed by atoms with E-state index in [1.807, 2.05) is 0 Å². The summed E-state index contributed by atoms with van der Waals surface area (Å²) in [5.41, 5.74) is 1.92. The van der Waals surface area contributed by atoms with Crippen LogP contribution in [-0.2, 0) is 27.7 Å². The first-order valence-electron chi connectivity index (χ1n) is 8.49. The minimum Gasteiger partial charge on any atom is -0.338 e. The van der Waals surface area contributed by atoms with E-state index in [-0.39, 0.29) is 16.0 Å². The summed E-state index contributed by atoms with van der Waals surface area (Å²) in [6.45, 7) is 0.620. The third-order valence-corrected chi connectivity index (χ3v) is 8.51. The molecule has 26 heavy (non-hydrogen) atoms. The van der Waals surface area contributed by atoms with Gasteiger partial charge in [-0.2, -0.15) is 4.31 Å². The molecule has 0 aromatic carbocycles. The summed E-state index contributed by atoms with van der Waals surface area (Å²) < 4.78 is 32.6. The number of piperidine rings is 1. The Morgan fingerprint density at radius 1 is 1.31 bits per heavy atom. The molecule has 2 aliphatic rings. The number of carbonyl (C=O) groups is 1. The van der Waals surface area contributed by atoms with Gasteiger partial charge in [0.25, 0.3) is 10.0 Å². The highest BCUT2D eigenvalue weighted by Crippen LogP contribution is 2.32. The molecule has 1 aliphatic carbocycles. The fourth-order valence-electron chi connectivity index (χ4n) is 3.46. The molecule has 0 bridgehead atoms. The van der Waals surface area contributed by atoms with Gasteiger partial charge in [0.05, 0.1) is 10.0 Å². The van der Waals surface area contributed by atoms with E-state index in [9.17, 15) is 13.2 Å². The fraction of sp³-hybridized carbons (Fsp3) is 0.500. The maximum atomic E-state index is 12.6. The fourth-order valence-corrected chi connectivity index (χ4v) is 6.57. The third-order valence-electron chi connectivity index (χ3n) is 4.91. The first-order valence-corrected chi connectivity index (χ1v) is 11.1. The topological polar surface area (TPSA) is 92.5 Å². The first kappa shape index (κ1) is 18.0. The third kappa shape index (κ3) is 3.28. The molecule has 1 amide bonds. The zero-order valence-corrected chi connectivity index (χ0v) is 16.3. The van der Waals surface area contributed by atoms with Gasteiger partial charge in [0.1, 0.15) is 4.21 Å². The second-order valence-electron chi connectivity index (χ2n) is 6.52. The van der Waals surface area contributed by atoms with Crippen molar-refractivity contribution in [2.45, 2.75) is 36.3 Å². The molecular formula is C16H18ClN3O4S2. The van der Waals surface area contributed by atoms with Gasteiger partial charge in [0, 0.05) is 24.6 Å². The minimum absolute atomic E-state index is 0.132.